The fourth-order valence-corrected chi connectivity index (χ4v) is 2.93. The van der Waals surface area contributed by atoms with Gasteiger partial charge in [0.2, 0.25) is 5.95 Å². The minimum Gasteiger partial charge on any atom is -0.497 e. The van der Waals surface area contributed by atoms with Crippen molar-refractivity contribution in [2.45, 2.75) is 0 Å². The van der Waals surface area contributed by atoms with Gasteiger partial charge in [0.25, 0.3) is 0 Å². The lowest BCUT2D eigenvalue weighted by Gasteiger charge is -2.07. The maximum Gasteiger partial charge on any atom is 0.227 e. The molecule has 0 aliphatic rings. The highest BCUT2D eigenvalue weighted by atomic mass is 32.1. The van der Waals surface area contributed by atoms with Crippen LogP contribution in [0.3, 0.4) is 0 Å². The molecule has 0 spiro atoms. The third kappa shape index (κ3) is 4.65. The minimum atomic E-state index is 0.521. The molecule has 130 valence electrons. The fourth-order valence-electron chi connectivity index (χ4n) is 2.12. The summed E-state index contributed by atoms with van der Waals surface area (Å²) in [6, 6.07) is 9.48. The Morgan fingerprint density at radius 3 is 2.92 bits per heavy atom. The molecular formula is C17H19N5O2S. The second-order valence-corrected chi connectivity index (χ2v) is 6.10. The second kappa shape index (κ2) is 8.41. The number of hydrogen-bond acceptors (Lipinski definition) is 8. The van der Waals surface area contributed by atoms with Crippen molar-refractivity contribution in [1.82, 2.24) is 15.0 Å². The lowest BCUT2D eigenvalue weighted by Crippen LogP contribution is -2.06. The van der Waals surface area contributed by atoms with Crippen LogP contribution in [0, 0.1) is 0 Å². The first-order valence-electron chi connectivity index (χ1n) is 7.71. The Labute approximate surface area is 150 Å². The van der Waals surface area contributed by atoms with E-state index in [1.807, 2.05) is 30.3 Å². The summed E-state index contributed by atoms with van der Waals surface area (Å²) >= 11 is 1.54. The number of ether oxygens (including phenoxy) is 2. The van der Waals surface area contributed by atoms with Gasteiger partial charge in [0, 0.05) is 37.8 Å². The average molecular weight is 357 g/mol. The highest BCUT2D eigenvalue weighted by Gasteiger charge is 2.07. The molecule has 0 aliphatic carbocycles. The molecule has 0 bridgehead atoms. The van der Waals surface area contributed by atoms with E-state index in [9.17, 15) is 0 Å². The fraction of sp³-hybridized carbons (Fsp3) is 0.235. The molecule has 0 aliphatic heterocycles. The van der Waals surface area contributed by atoms with Crippen molar-refractivity contribution in [3.8, 4) is 16.3 Å². The van der Waals surface area contributed by atoms with Crippen molar-refractivity contribution >= 4 is 28.1 Å². The summed E-state index contributed by atoms with van der Waals surface area (Å²) in [7, 11) is 3.31. The second-order valence-electron chi connectivity index (χ2n) is 5.07. The van der Waals surface area contributed by atoms with E-state index in [0.29, 0.717) is 12.6 Å². The molecule has 0 radical (unpaired) electrons. The topological polar surface area (TPSA) is 81.2 Å². The van der Waals surface area contributed by atoms with Crippen molar-refractivity contribution in [1.29, 1.82) is 0 Å². The van der Waals surface area contributed by atoms with Crippen molar-refractivity contribution < 1.29 is 9.47 Å². The zero-order valence-electron chi connectivity index (χ0n) is 14.0. The Morgan fingerprint density at radius 2 is 2.08 bits per heavy atom. The van der Waals surface area contributed by atoms with Gasteiger partial charge in [-0.1, -0.05) is 17.4 Å². The van der Waals surface area contributed by atoms with Gasteiger partial charge in [-0.3, -0.25) is 0 Å². The third-order valence-corrected chi connectivity index (χ3v) is 4.30. The van der Waals surface area contributed by atoms with Crippen molar-refractivity contribution in [3.63, 3.8) is 0 Å². The first kappa shape index (κ1) is 17.1. The van der Waals surface area contributed by atoms with Gasteiger partial charge in [0.1, 0.15) is 5.75 Å². The van der Waals surface area contributed by atoms with Crippen LogP contribution in [0.1, 0.15) is 0 Å². The summed E-state index contributed by atoms with van der Waals surface area (Å²) in [6.45, 7) is 1.35. The molecule has 0 unspecified atom stereocenters. The van der Waals surface area contributed by atoms with Crippen LogP contribution in [-0.2, 0) is 4.74 Å². The van der Waals surface area contributed by atoms with E-state index < -0.39 is 0 Å². The van der Waals surface area contributed by atoms with Crippen molar-refractivity contribution in [2.75, 3.05) is 38.0 Å². The number of thiazole rings is 1. The Balaban J connectivity index is 1.72. The summed E-state index contributed by atoms with van der Waals surface area (Å²) < 4.78 is 10.2. The molecule has 2 heterocycles. The molecule has 0 saturated heterocycles. The number of hydrogen-bond donors (Lipinski definition) is 2. The molecule has 0 saturated carbocycles. The predicted octanol–water partition coefficient (Wildman–Crippen LogP) is 3.41. The smallest absolute Gasteiger partial charge is 0.227 e. The number of nitrogens with one attached hydrogen (secondary N) is 2. The summed E-state index contributed by atoms with van der Waals surface area (Å²) in [5.74, 6) is 1.29. The Bertz CT molecular complexity index is 824. The van der Waals surface area contributed by atoms with Gasteiger partial charge in [-0.2, -0.15) is 0 Å². The highest BCUT2D eigenvalue weighted by Crippen LogP contribution is 2.28. The lowest BCUT2D eigenvalue weighted by atomic mass is 10.3. The van der Waals surface area contributed by atoms with Crippen LogP contribution < -0.4 is 15.4 Å². The van der Waals surface area contributed by atoms with Crippen molar-refractivity contribution in [3.05, 3.63) is 42.7 Å². The number of aromatic nitrogens is 3. The summed E-state index contributed by atoms with van der Waals surface area (Å²) in [4.78, 5) is 14.2. The molecule has 2 N–H and O–H groups in total. The number of anilines is 3. The van der Waals surface area contributed by atoms with E-state index in [1.165, 1.54) is 0 Å². The van der Waals surface area contributed by atoms with Gasteiger partial charge in [-0.05, 0) is 18.2 Å². The first-order valence-corrected chi connectivity index (χ1v) is 8.53. The van der Waals surface area contributed by atoms with E-state index in [0.717, 1.165) is 33.7 Å². The van der Waals surface area contributed by atoms with Crippen LogP contribution in [0.5, 0.6) is 5.75 Å². The van der Waals surface area contributed by atoms with Gasteiger partial charge in [-0.15, -0.1) is 0 Å². The van der Waals surface area contributed by atoms with E-state index in [4.69, 9.17) is 9.47 Å². The normalized spacial score (nSPS) is 10.5. The van der Waals surface area contributed by atoms with Crippen molar-refractivity contribution in [2.24, 2.45) is 0 Å². The minimum absolute atomic E-state index is 0.521. The molecule has 0 amide bonds. The lowest BCUT2D eigenvalue weighted by molar-refractivity contribution is 0.211. The van der Waals surface area contributed by atoms with Crippen LogP contribution in [0.4, 0.5) is 16.8 Å². The molecule has 7 nitrogen and oxygen atoms in total. The molecule has 3 aromatic rings. The molecular weight excluding hydrogens is 338 g/mol. The number of benzene rings is 1. The largest absolute Gasteiger partial charge is 0.497 e. The molecule has 1 aromatic carbocycles. The van der Waals surface area contributed by atoms with E-state index in [1.54, 1.807) is 38.0 Å². The summed E-state index contributed by atoms with van der Waals surface area (Å²) in [5, 5.41) is 7.24. The Kier molecular flexibility index (Phi) is 5.76. The number of rotatable bonds is 8. The standard InChI is InChI=1S/C17H19N5O2S/c1-23-9-8-19-17-20-11-15(25-17)14-6-7-18-16(22-14)21-12-4-3-5-13(10-12)24-2/h3-7,10-11H,8-9H2,1-2H3,(H,19,20)(H,18,21,22). The maximum atomic E-state index is 5.23. The monoisotopic (exact) mass is 357 g/mol. The predicted molar refractivity (Wildman–Crippen MR) is 99.8 cm³/mol. The average Bonchev–Trinajstić information content (AvgIpc) is 3.11. The zero-order chi connectivity index (χ0) is 17.5. The SMILES string of the molecule is COCCNc1ncc(-c2ccnc(Nc3cccc(OC)c3)n2)s1. The van der Waals surface area contributed by atoms with E-state index in [-0.39, 0.29) is 0 Å². The number of methoxy groups -OCH3 is 2. The maximum absolute atomic E-state index is 5.23. The molecule has 2 aromatic heterocycles. The van der Waals surface area contributed by atoms with E-state index in [2.05, 4.69) is 25.6 Å². The molecule has 3 rings (SSSR count). The van der Waals surface area contributed by atoms with Crippen LogP contribution in [0.25, 0.3) is 10.6 Å². The van der Waals surface area contributed by atoms with Gasteiger partial charge in [0.05, 0.1) is 24.3 Å². The summed E-state index contributed by atoms with van der Waals surface area (Å²) in [5.41, 5.74) is 1.68. The van der Waals surface area contributed by atoms with Gasteiger partial charge >= 0.3 is 0 Å². The first-order chi connectivity index (χ1) is 12.3. The number of nitrogens with zero attached hydrogens (tertiary/aromatic N) is 3. The van der Waals surface area contributed by atoms with Crippen LogP contribution in [-0.4, -0.2) is 42.3 Å². The quantitative estimate of drug-likeness (QED) is 0.598. The van der Waals surface area contributed by atoms with Gasteiger partial charge in [0.15, 0.2) is 5.13 Å². The van der Waals surface area contributed by atoms with E-state index >= 15 is 0 Å². The highest BCUT2D eigenvalue weighted by molar-refractivity contribution is 7.18. The molecule has 8 heteroatoms. The zero-order valence-corrected chi connectivity index (χ0v) is 14.8. The molecule has 0 atom stereocenters. The third-order valence-electron chi connectivity index (χ3n) is 3.32. The molecule has 25 heavy (non-hydrogen) atoms. The Morgan fingerprint density at radius 1 is 1.16 bits per heavy atom. The van der Waals surface area contributed by atoms with Gasteiger partial charge < -0.3 is 20.1 Å². The van der Waals surface area contributed by atoms with Crippen LogP contribution in [0.15, 0.2) is 42.7 Å². The Hall–Kier alpha value is -2.71. The summed E-state index contributed by atoms with van der Waals surface area (Å²) in [6.07, 6.45) is 3.53. The van der Waals surface area contributed by atoms with Gasteiger partial charge in [-0.25, -0.2) is 15.0 Å². The molecule has 0 fully saturated rings. The van der Waals surface area contributed by atoms with Crippen LogP contribution in [0.2, 0.25) is 0 Å². The van der Waals surface area contributed by atoms with Crippen LogP contribution >= 0.6 is 11.3 Å².